The summed E-state index contributed by atoms with van der Waals surface area (Å²) < 4.78 is 31.6. The molecule has 2 N–H and O–H groups in total. The van der Waals surface area contributed by atoms with Crippen molar-refractivity contribution in [1.82, 2.24) is 19.8 Å². The summed E-state index contributed by atoms with van der Waals surface area (Å²) in [7, 11) is -2.01. The Labute approximate surface area is 116 Å². The zero-order valence-electron chi connectivity index (χ0n) is 11.1. The lowest BCUT2D eigenvalue weighted by Crippen LogP contribution is -2.27. The van der Waals surface area contributed by atoms with Gasteiger partial charge in [0.25, 0.3) is 0 Å². The van der Waals surface area contributed by atoms with Crippen molar-refractivity contribution >= 4 is 15.8 Å². The summed E-state index contributed by atoms with van der Waals surface area (Å²) in [6.07, 6.45) is 1.87. The third kappa shape index (κ3) is 3.31. The Balaban J connectivity index is 2.04. The molecular formula is C11H15N5O3S. The number of aromatic nitrogens is 3. The zero-order chi connectivity index (χ0) is 14.6. The van der Waals surface area contributed by atoms with E-state index >= 15 is 0 Å². The van der Waals surface area contributed by atoms with Gasteiger partial charge in [0, 0.05) is 33.1 Å². The second-order valence-electron chi connectivity index (χ2n) is 3.98. The van der Waals surface area contributed by atoms with Crippen LogP contribution in [0.2, 0.25) is 0 Å². The number of hydrogen-bond acceptors (Lipinski definition) is 7. The third-order valence-electron chi connectivity index (χ3n) is 2.51. The fourth-order valence-electron chi connectivity index (χ4n) is 1.61. The molecule has 0 fully saturated rings. The predicted octanol–water partition coefficient (Wildman–Crippen LogP) is 0.336. The van der Waals surface area contributed by atoms with E-state index in [1.54, 1.807) is 20.0 Å². The molecule has 0 amide bonds. The van der Waals surface area contributed by atoms with E-state index in [0.29, 0.717) is 24.0 Å². The highest BCUT2D eigenvalue weighted by molar-refractivity contribution is 7.89. The molecule has 20 heavy (non-hydrogen) atoms. The van der Waals surface area contributed by atoms with Crippen LogP contribution in [0.25, 0.3) is 0 Å². The van der Waals surface area contributed by atoms with E-state index in [-0.39, 0.29) is 11.4 Å². The van der Waals surface area contributed by atoms with Gasteiger partial charge in [-0.3, -0.25) is 0 Å². The van der Waals surface area contributed by atoms with Gasteiger partial charge < -0.3 is 9.84 Å². The fraction of sp³-hybridized carbons (Fsp3) is 0.364. The first-order valence-corrected chi connectivity index (χ1v) is 7.43. The number of sulfonamides is 1. The van der Waals surface area contributed by atoms with Crippen molar-refractivity contribution in [2.45, 2.75) is 18.2 Å². The second-order valence-corrected chi connectivity index (χ2v) is 5.71. The molecule has 0 unspecified atom stereocenters. The van der Waals surface area contributed by atoms with Crippen LogP contribution in [-0.2, 0) is 16.4 Å². The van der Waals surface area contributed by atoms with Gasteiger partial charge >= 0.3 is 0 Å². The van der Waals surface area contributed by atoms with Gasteiger partial charge in [-0.1, -0.05) is 5.16 Å². The highest BCUT2D eigenvalue weighted by atomic mass is 32.2. The summed E-state index contributed by atoms with van der Waals surface area (Å²) in [6.45, 7) is 1.86. The van der Waals surface area contributed by atoms with Crippen LogP contribution >= 0.6 is 0 Å². The first-order chi connectivity index (χ1) is 9.53. The molecular weight excluding hydrogens is 282 g/mol. The van der Waals surface area contributed by atoms with Gasteiger partial charge in [0.1, 0.15) is 10.7 Å². The molecule has 0 atom stereocenters. The van der Waals surface area contributed by atoms with Crippen molar-refractivity contribution in [2.75, 3.05) is 18.9 Å². The normalized spacial score (nSPS) is 11.5. The van der Waals surface area contributed by atoms with E-state index in [1.807, 2.05) is 0 Å². The molecule has 2 rings (SSSR count). The van der Waals surface area contributed by atoms with Gasteiger partial charge in [0.15, 0.2) is 5.82 Å². The number of nitrogens with one attached hydrogen (secondary N) is 2. The van der Waals surface area contributed by atoms with E-state index in [4.69, 9.17) is 4.52 Å². The lowest BCUT2D eigenvalue weighted by Gasteiger charge is -2.09. The Morgan fingerprint density at radius 2 is 2.20 bits per heavy atom. The minimum atomic E-state index is -3.63. The highest BCUT2D eigenvalue weighted by Gasteiger charge is 2.18. The maximum Gasteiger partial charge on any atom is 0.244 e. The minimum Gasteiger partial charge on any atom is -0.372 e. The average Bonchev–Trinajstić information content (AvgIpc) is 2.84. The monoisotopic (exact) mass is 297 g/mol. The Bertz CT molecular complexity index is 683. The number of hydrogen-bond donors (Lipinski definition) is 2. The van der Waals surface area contributed by atoms with Crippen LogP contribution < -0.4 is 10.0 Å². The topological polar surface area (TPSA) is 110 Å². The molecule has 0 saturated carbocycles. The van der Waals surface area contributed by atoms with E-state index in [9.17, 15) is 8.42 Å². The van der Waals surface area contributed by atoms with Crippen LogP contribution in [0.15, 0.2) is 27.7 Å². The molecule has 0 saturated heterocycles. The van der Waals surface area contributed by atoms with Gasteiger partial charge in [-0.15, -0.1) is 0 Å². The predicted molar refractivity (Wildman–Crippen MR) is 71.7 cm³/mol. The van der Waals surface area contributed by atoms with E-state index in [2.05, 4.69) is 25.2 Å². The van der Waals surface area contributed by atoms with Crippen molar-refractivity contribution in [3.63, 3.8) is 0 Å². The van der Waals surface area contributed by atoms with Crippen molar-refractivity contribution in [3.8, 4) is 0 Å². The molecule has 0 aliphatic heterocycles. The first kappa shape index (κ1) is 14.4. The van der Waals surface area contributed by atoms with E-state index in [0.717, 1.165) is 0 Å². The molecule has 0 aromatic carbocycles. The summed E-state index contributed by atoms with van der Waals surface area (Å²) in [6, 6.07) is 3.05. The number of nitrogens with zero attached hydrogens (tertiary/aromatic N) is 3. The quantitative estimate of drug-likeness (QED) is 0.790. The lowest BCUT2D eigenvalue weighted by molar-refractivity contribution is 0.387. The standard InChI is InChI=1S/C11H15N5O3S/c1-8-15-10(16-19-8)5-7-14-20(17,18)9-4-3-6-13-11(9)12-2/h3-4,6,14H,5,7H2,1-2H3,(H,12,13). The molecule has 0 bridgehead atoms. The van der Waals surface area contributed by atoms with Crippen LogP contribution in [0.3, 0.4) is 0 Å². The maximum atomic E-state index is 12.2. The van der Waals surface area contributed by atoms with Gasteiger partial charge in [-0.2, -0.15) is 4.98 Å². The smallest absolute Gasteiger partial charge is 0.244 e. The summed E-state index contributed by atoms with van der Waals surface area (Å²) in [5, 5.41) is 6.44. The van der Waals surface area contributed by atoms with E-state index in [1.165, 1.54) is 12.3 Å². The molecule has 2 aromatic rings. The SMILES string of the molecule is CNc1ncccc1S(=O)(=O)NCCc1noc(C)n1. The van der Waals surface area contributed by atoms with Crippen LogP contribution in [0, 0.1) is 6.92 Å². The van der Waals surface area contributed by atoms with Crippen LogP contribution in [0.5, 0.6) is 0 Å². The van der Waals surface area contributed by atoms with Gasteiger partial charge in [0.2, 0.25) is 15.9 Å². The van der Waals surface area contributed by atoms with Crippen molar-refractivity contribution in [2.24, 2.45) is 0 Å². The number of aryl methyl sites for hydroxylation is 1. The summed E-state index contributed by atoms with van der Waals surface area (Å²) in [5.74, 6) is 1.22. The van der Waals surface area contributed by atoms with Gasteiger partial charge in [0.05, 0.1) is 0 Å². The zero-order valence-corrected chi connectivity index (χ0v) is 11.9. The molecule has 2 heterocycles. The Kier molecular flexibility index (Phi) is 4.30. The van der Waals surface area contributed by atoms with Crippen molar-refractivity contribution in [1.29, 1.82) is 0 Å². The number of rotatable bonds is 6. The van der Waals surface area contributed by atoms with Gasteiger partial charge in [-0.05, 0) is 12.1 Å². The largest absolute Gasteiger partial charge is 0.372 e. The molecule has 0 spiro atoms. The van der Waals surface area contributed by atoms with Crippen LogP contribution in [0.1, 0.15) is 11.7 Å². The third-order valence-corrected chi connectivity index (χ3v) is 4.00. The Morgan fingerprint density at radius 3 is 2.85 bits per heavy atom. The lowest BCUT2D eigenvalue weighted by atomic mass is 10.4. The summed E-state index contributed by atoms with van der Waals surface area (Å²) in [4.78, 5) is 8.07. The summed E-state index contributed by atoms with van der Waals surface area (Å²) >= 11 is 0. The summed E-state index contributed by atoms with van der Waals surface area (Å²) in [5.41, 5.74) is 0. The number of pyridine rings is 1. The second kappa shape index (κ2) is 5.97. The number of anilines is 1. The van der Waals surface area contributed by atoms with Crippen LogP contribution in [0.4, 0.5) is 5.82 Å². The fourth-order valence-corrected chi connectivity index (χ4v) is 2.81. The highest BCUT2D eigenvalue weighted by Crippen LogP contribution is 2.16. The molecule has 108 valence electrons. The van der Waals surface area contributed by atoms with Crippen LogP contribution in [-0.4, -0.2) is 37.1 Å². The Morgan fingerprint density at radius 1 is 1.40 bits per heavy atom. The van der Waals surface area contributed by atoms with Crippen molar-refractivity contribution in [3.05, 3.63) is 30.0 Å². The van der Waals surface area contributed by atoms with Crippen molar-refractivity contribution < 1.29 is 12.9 Å². The molecule has 8 nitrogen and oxygen atoms in total. The Hall–Kier alpha value is -2.00. The molecule has 9 heteroatoms. The average molecular weight is 297 g/mol. The molecule has 2 aromatic heterocycles. The molecule has 0 aliphatic rings. The minimum absolute atomic E-state index is 0.104. The van der Waals surface area contributed by atoms with Gasteiger partial charge in [-0.25, -0.2) is 18.1 Å². The molecule has 0 aliphatic carbocycles. The first-order valence-electron chi connectivity index (χ1n) is 5.94. The molecule has 0 radical (unpaired) electrons. The van der Waals surface area contributed by atoms with E-state index < -0.39 is 10.0 Å². The maximum absolute atomic E-state index is 12.2.